The van der Waals surface area contributed by atoms with E-state index >= 15 is 0 Å². The third-order valence-electron chi connectivity index (χ3n) is 3.04. The number of benzene rings is 1. The molecule has 2 aromatic rings. The third-order valence-corrected chi connectivity index (χ3v) is 3.04. The van der Waals surface area contributed by atoms with Crippen LogP contribution < -0.4 is 11.1 Å². The molecule has 1 aromatic heterocycles. The zero-order valence-corrected chi connectivity index (χ0v) is 10.8. The quantitative estimate of drug-likeness (QED) is 0.873. The van der Waals surface area contributed by atoms with Crippen molar-refractivity contribution in [3.05, 3.63) is 65.5 Å². The van der Waals surface area contributed by atoms with Crippen molar-refractivity contribution in [1.82, 2.24) is 10.3 Å². The fraction of sp³-hybridized carbons (Fsp3) is 0.200. The van der Waals surface area contributed by atoms with Crippen LogP contribution in [0, 0.1) is 6.92 Å². The van der Waals surface area contributed by atoms with Crippen molar-refractivity contribution in [2.45, 2.75) is 19.5 Å². The number of hydrogen-bond acceptors (Lipinski definition) is 3. The molecule has 0 saturated heterocycles. The fourth-order valence-corrected chi connectivity index (χ4v) is 1.79. The number of carbonyl (C=O) groups excluding carboxylic acids is 1. The minimum Gasteiger partial charge on any atom is -0.350 e. The molecule has 1 amide bonds. The summed E-state index contributed by atoms with van der Waals surface area (Å²) in [6.07, 6.45) is 3.49. The topological polar surface area (TPSA) is 68.0 Å². The number of aromatic nitrogens is 1. The first kappa shape index (κ1) is 13.2. The molecular formula is C15H17N3O. The van der Waals surface area contributed by atoms with E-state index in [-0.39, 0.29) is 5.91 Å². The van der Waals surface area contributed by atoms with Gasteiger partial charge in [-0.3, -0.25) is 9.78 Å². The molecule has 0 bridgehead atoms. The van der Waals surface area contributed by atoms with Gasteiger partial charge in [-0.1, -0.05) is 30.3 Å². The second kappa shape index (κ2) is 6.11. The van der Waals surface area contributed by atoms with Gasteiger partial charge >= 0.3 is 0 Å². The smallest absolute Gasteiger partial charge is 0.241 e. The highest BCUT2D eigenvalue weighted by molar-refractivity contribution is 5.82. The largest absolute Gasteiger partial charge is 0.350 e. The predicted octanol–water partition coefficient (Wildman–Crippen LogP) is 1.71. The summed E-state index contributed by atoms with van der Waals surface area (Å²) in [5, 5.41) is 2.83. The molecule has 0 saturated carbocycles. The van der Waals surface area contributed by atoms with Gasteiger partial charge in [0.15, 0.2) is 0 Å². The maximum absolute atomic E-state index is 12.0. The lowest BCUT2D eigenvalue weighted by molar-refractivity contribution is -0.122. The molecule has 1 atom stereocenters. The van der Waals surface area contributed by atoms with Gasteiger partial charge in [0, 0.05) is 18.9 Å². The number of nitrogens with one attached hydrogen (secondary N) is 1. The fourth-order valence-electron chi connectivity index (χ4n) is 1.79. The molecule has 0 fully saturated rings. The molecule has 0 radical (unpaired) electrons. The van der Waals surface area contributed by atoms with Gasteiger partial charge in [-0.05, 0) is 29.7 Å². The molecule has 4 nitrogen and oxygen atoms in total. The van der Waals surface area contributed by atoms with Crippen LogP contribution in [-0.4, -0.2) is 10.9 Å². The van der Waals surface area contributed by atoms with E-state index in [2.05, 4.69) is 10.3 Å². The number of pyridine rings is 1. The lowest BCUT2D eigenvalue weighted by Gasteiger charge is -2.13. The molecular weight excluding hydrogens is 238 g/mol. The summed E-state index contributed by atoms with van der Waals surface area (Å²) in [5.41, 5.74) is 8.82. The predicted molar refractivity (Wildman–Crippen MR) is 74.2 cm³/mol. The van der Waals surface area contributed by atoms with Crippen molar-refractivity contribution in [2.75, 3.05) is 0 Å². The molecule has 0 spiro atoms. The summed E-state index contributed by atoms with van der Waals surface area (Å²) in [5.74, 6) is -0.186. The van der Waals surface area contributed by atoms with Crippen molar-refractivity contribution in [3.8, 4) is 0 Å². The van der Waals surface area contributed by atoms with Gasteiger partial charge in [-0.2, -0.15) is 0 Å². The molecule has 19 heavy (non-hydrogen) atoms. The number of carbonyl (C=O) groups is 1. The number of nitrogens with zero attached hydrogens (tertiary/aromatic N) is 1. The molecule has 98 valence electrons. The zero-order valence-electron chi connectivity index (χ0n) is 10.8. The minimum absolute atomic E-state index is 0.186. The van der Waals surface area contributed by atoms with Crippen LogP contribution in [0.4, 0.5) is 0 Å². The lowest BCUT2D eigenvalue weighted by Crippen LogP contribution is -2.33. The van der Waals surface area contributed by atoms with Crippen LogP contribution >= 0.6 is 0 Å². The Labute approximate surface area is 112 Å². The summed E-state index contributed by atoms with van der Waals surface area (Å²) in [6.45, 7) is 2.43. The first-order valence-corrected chi connectivity index (χ1v) is 6.16. The Kier molecular flexibility index (Phi) is 4.26. The number of amides is 1. The van der Waals surface area contributed by atoms with Crippen molar-refractivity contribution in [3.63, 3.8) is 0 Å². The summed E-state index contributed by atoms with van der Waals surface area (Å²) in [4.78, 5) is 16.0. The van der Waals surface area contributed by atoms with Crippen LogP contribution in [0.15, 0.2) is 48.8 Å². The first-order valence-electron chi connectivity index (χ1n) is 6.16. The first-order chi connectivity index (χ1) is 9.18. The number of hydrogen-bond donors (Lipinski definition) is 2. The van der Waals surface area contributed by atoms with E-state index in [9.17, 15) is 4.79 Å². The normalized spacial score (nSPS) is 11.9. The van der Waals surface area contributed by atoms with Crippen LogP contribution in [0.2, 0.25) is 0 Å². The van der Waals surface area contributed by atoms with Gasteiger partial charge < -0.3 is 11.1 Å². The Morgan fingerprint density at radius 1 is 1.32 bits per heavy atom. The number of aryl methyl sites for hydroxylation is 1. The highest BCUT2D eigenvalue weighted by Gasteiger charge is 2.14. The van der Waals surface area contributed by atoms with Crippen molar-refractivity contribution in [2.24, 2.45) is 5.73 Å². The van der Waals surface area contributed by atoms with E-state index in [1.165, 1.54) is 0 Å². The standard InChI is InChI=1S/C15H17N3O/c1-11-7-8-17-9-13(11)10-18-15(19)14(16)12-5-3-2-4-6-12/h2-9,14H,10,16H2,1H3,(H,18,19). The van der Waals surface area contributed by atoms with Gasteiger partial charge in [0.2, 0.25) is 5.91 Å². The van der Waals surface area contributed by atoms with Crippen LogP contribution in [0.3, 0.4) is 0 Å². The van der Waals surface area contributed by atoms with Gasteiger partial charge in [-0.15, -0.1) is 0 Å². The van der Waals surface area contributed by atoms with Gasteiger partial charge in [0.25, 0.3) is 0 Å². The van der Waals surface area contributed by atoms with E-state index in [1.54, 1.807) is 12.4 Å². The monoisotopic (exact) mass is 255 g/mol. The second-order valence-electron chi connectivity index (χ2n) is 4.41. The molecule has 1 aromatic carbocycles. The summed E-state index contributed by atoms with van der Waals surface area (Å²) >= 11 is 0. The summed E-state index contributed by atoms with van der Waals surface area (Å²) < 4.78 is 0. The Morgan fingerprint density at radius 2 is 2.05 bits per heavy atom. The highest BCUT2D eigenvalue weighted by Crippen LogP contribution is 2.10. The summed E-state index contributed by atoms with van der Waals surface area (Å²) in [6, 6.07) is 10.6. The van der Waals surface area contributed by atoms with Gasteiger partial charge in [0.1, 0.15) is 6.04 Å². The van der Waals surface area contributed by atoms with Crippen molar-refractivity contribution in [1.29, 1.82) is 0 Å². The highest BCUT2D eigenvalue weighted by atomic mass is 16.2. The number of rotatable bonds is 4. The molecule has 0 aliphatic carbocycles. The maximum Gasteiger partial charge on any atom is 0.241 e. The average molecular weight is 255 g/mol. The Morgan fingerprint density at radius 3 is 2.74 bits per heavy atom. The molecule has 0 aliphatic rings. The minimum atomic E-state index is -0.641. The van der Waals surface area contributed by atoms with Crippen molar-refractivity contribution >= 4 is 5.91 Å². The molecule has 0 aliphatic heterocycles. The van der Waals surface area contributed by atoms with E-state index < -0.39 is 6.04 Å². The van der Waals surface area contributed by atoms with Gasteiger partial charge in [0.05, 0.1) is 0 Å². The van der Waals surface area contributed by atoms with Gasteiger partial charge in [-0.25, -0.2) is 0 Å². The van der Waals surface area contributed by atoms with E-state index in [1.807, 2.05) is 43.3 Å². The zero-order chi connectivity index (χ0) is 13.7. The lowest BCUT2D eigenvalue weighted by atomic mass is 10.1. The molecule has 1 heterocycles. The Hall–Kier alpha value is -2.20. The average Bonchev–Trinajstić information content (AvgIpc) is 2.46. The van der Waals surface area contributed by atoms with Crippen LogP contribution in [-0.2, 0) is 11.3 Å². The molecule has 2 rings (SSSR count). The van der Waals surface area contributed by atoms with E-state index in [0.29, 0.717) is 6.54 Å². The Balaban J connectivity index is 1.97. The number of nitrogens with two attached hydrogens (primary N) is 1. The third kappa shape index (κ3) is 3.39. The summed E-state index contributed by atoms with van der Waals surface area (Å²) in [7, 11) is 0. The van der Waals surface area contributed by atoms with Crippen molar-refractivity contribution < 1.29 is 4.79 Å². The maximum atomic E-state index is 12.0. The van der Waals surface area contributed by atoms with Crippen LogP contribution in [0.25, 0.3) is 0 Å². The molecule has 4 heteroatoms. The second-order valence-corrected chi connectivity index (χ2v) is 4.41. The molecule has 1 unspecified atom stereocenters. The van der Waals surface area contributed by atoms with Crippen LogP contribution in [0.1, 0.15) is 22.7 Å². The van der Waals surface area contributed by atoms with E-state index in [0.717, 1.165) is 16.7 Å². The SMILES string of the molecule is Cc1ccncc1CNC(=O)C(N)c1ccccc1. The van der Waals surface area contributed by atoms with E-state index in [4.69, 9.17) is 5.73 Å². The van der Waals surface area contributed by atoms with Crippen LogP contribution in [0.5, 0.6) is 0 Å². The molecule has 3 N–H and O–H groups in total. The Bertz CT molecular complexity index is 554.